The zero-order valence-corrected chi connectivity index (χ0v) is 10.6. The third-order valence-corrected chi connectivity index (χ3v) is 3.30. The molecule has 0 radical (unpaired) electrons. The fourth-order valence-corrected chi connectivity index (χ4v) is 2.26. The smallest absolute Gasteiger partial charge is 0.219 e. The molecule has 2 rings (SSSR count). The van der Waals surface area contributed by atoms with Crippen LogP contribution < -0.4 is 5.32 Å². The minimum Gasteiger partial charge on any atom is -0.340 e. The summed E-state index contributed by atoms with van der Waals surface area (Å²) < 4.78 is 0. The van der Waals surface area contributed by atoms with E-state index in [2.05, 4.69) is 36.5 Å². The summed E-state index contributed by atoms with van der Waals surface area (Å²) in [7, 11) is 0. The molecular weight excluding hydrogens is 212 g/mol. The molecule has 0 spiro atoms. The van der Waals surface area contributed by atoms with Crippen molar-refractivity contribution in [1.82, 2.24) is 10.2 Å². The van der Waals surface area contributed by atoms with Gasteiger partial charge in [0, 0.05) is 32.6 Å². The second kappa shape index (κ2) is 5.32. The molecule has 3 nitrogen and oxygen atoms in total. The van der Waals surface area contributed by atoms with Crippen molar-refractivity contribution in [2.45, 2.75) is 26.3 Å². The molecule has 1 aliphatic rings. The van der Waals surface area contributed by atoms with Gasteiger partial charge in [-0.2, -0.15) is 0 Å². The van der Waals surface area contributed by atoms with Gasteiger partial charge in [-0.3, -0.25) is 4.79 Å². The number of piperazine rings is 1. The minimum atomic E-state index is 0.181. The molecule has 17 heavy (non-hydrogen) atoms. The van der Waals surface area contributed by atoms with Crippen LogP contribution in [-0.4, -0.2) is 36.5 Å². The maximum Gasteiger partial charge on any atom is 0.219 e. The van der Waals surface area contributed by atoms with Crippen LogP contribution >= 0.6 is 0 Å². The second-order valence-corrected chi connectivity index (χ2v) is 4.81. The van der Waals surface area contributed by atoms with E-state index < -0.39 is 0 Å². The number of hydrogen-bond donors (Lipinski definition) is 1. The molecule has 1 N–H and O–H groups in total. The lowest BCUT2D eigenvalue weighted by atomic mass is 10.0. The molecule has 1 saturated heterocycles. The summed E-state index contributed by atoms with van der Waals surface area (Å²) in [4.78, 5) is 13.3. The van der Waals surface area contributed by atoms with Crippen molar-refractivity contribution in [1.29, 1.82) is 0 Å². The van der Waals surface area contributed by atoms with Crippen LogP contribution in [0.25, 0.3) is 0 Å². The molecule has 1 amide bonds. The largest absolute Gasteiger partial charge is 0.340 e. The molecule has 0 bridgehead atoms. The SMILES string of the molecule is CC(=O)N1CCNC(Cc2ccc(C)cc2)C1. The number of amides is 1. The molecule has 1 heterocycles. The Kier molecular flexibility index (Phi) is 3.79. The van der Waals surface area contributed by atoms with Crippen molar-refractivity contribution in [3.8, 4) is 0 Å². The number of hydrogen-bond acceptors (Lipinski definition) is 2. The summed E-state index contributed by atoms with van der Waals surface area (Å²) in [6, 6.07) is 9.00. The highest BCUT2D eigenvalue weighted by Gasteiger charge is 2.20. The highest BCUT2D eigenvalue weighted by atomic mass is 16.2. The number of carbonyl (C=O) groups is 1. The average Bonchev–Trinajstić information content (AvgIpc) is 2.32. The average molecular weight is 232 g/mol. The molecule has 1 unspecified atom stereocenters. The Morgan fingerprint density at radius 1 is 1.41 bits per heavy atom. The van der Waals surface area contributed by atoms with Crippen LogP contribution in [0.5, 0.6) is 0 Å². The van der Waals surface area contributed by atoms with Crippen LogP contribution in [0, 0.1) is 6.92 Å². The van der Waals surface area contributed by atoms with Crippen molar-refractivity contribution in [3.63, 3.8) is 0 Å². The number of carbonyl (C=O) groups excluding carboxylic acids is 1. The highest BCUT2D eigenvalue weighted by Crippen LogP contribution is 2.09. The zero-order chi connectivity index (χ0) is 12.3. The van der Waals surface area contributed by atoms with E-state index >= 15 is 0 Å². The zero-order valence-electron chi connectivity index (χ0n) is 10.6. The Hall–Kier alpha value is -1.35. The molecule has 1 fully saturated rings. The molecule has 1 aliphatic heterocycles. The molecule has 1 atom stereocenters. The van der Waals surface area contributed by atoms with Gasteiger partial charge in [-0.25, -0.2) is 0 Å². The van der Waals surface area contributed by atoms with Crippen LogP contribution in [0.15, 0.2) is 24.3 Å². The van der Waals surface area contributed by atoms with E-state index in [0.29, 0.717) is 6.04 Å². The maximum atomic E-state index is 11.3. The van der Waals surface area contributed by atoms with Crippen molar-refractivity contribution in [2.75, 3.05) is 19.6 Å². The van der Waals surface area contributed by atoms with E-state index in [1.807, 2.05) is 4.90 Å². The highest BCUT2D eigenvalue weighted by molar-refractivity contribution is 5.73. The number of nitrogens with zero attached hydrogens (tertiary/aromatic N) is 1. The third-order valence-electron chi connectivity index (χ3n) is 3.30. The topological polar surface area (TPSA) is 32.3 Å². The second-order valence-electron chi connectivity index (χ2n) is 4.81. The van der Waals surface area contributed by atoms with Gasteiger partial charge in [0.15, 0.2) is 0 Å². The van der Waals surface area contributed by atoms with Gasteiger partial charge < -0.3 is 10.2 Å². The molecule has 3 heteroatoms. The molecule has 0 aliphatic carbocycles. The van der Waals surface area contributed by atoms with Gasteiger partial charge in [-0.15, -0.1) is 0 Å². The van der Waals surface area contributed by atoms with Gasteiger partial charge in [0.25, 0.3) is 0 Å². The van der Waals surface area contributed by atoms with Gasteiger partial charge >= 0.3 is 0 Å². The monoisotopic (exact) mass is 232 g/mol. The van der Waals surface area contributed by atoms with E-state index in [1.54, 1.807) is 6.92 Å². The predicted molar refractivity (Wildman–Crippen MR) is 68.9 cm³/mol. The van der Waals surface area contributed by atoms with Gasteiger partial charge in [0.1, 0.15) is 0 Å². The number of rotatable bonds is 2. The summed E-state index contributed by atoms with van der Waals surface area (Å²) in [5, 5.41) is 3.47. The van der Waals surface area contributed by atoms with Crippen LogP contribution in [0.3, 0.4) is 0 Å². The van der Waals surface area contributed by atoms with E-state index in [0.717, 1.165) is 26.1 Å². The molecule has 1 aromatic rings. The third kappa shape index (κ3) is 3.30. The van der Waals surface area contributed by atoms with E-state index in [1.165, 1.54) is 11.1 Å². The van der Waals surface area contributed by atoms with Crippen LogP contribution in [-0.2, 0) is 11.2 Å². The normalized spacial score (nSPS) is 20.4. The van der Waals surface area contributed by atoms with Crippen molar-refractivity contribution in [3.05, 3.63) is 35.4 Å². The first kappa shape index (κ1) is 12.1. The number of aryl methyl sites for hydroxylation is 1. The summed E-state index contributed by atoms with van der Waals surface area (Å²) >= 11 is 0. The van der Waals surface area contributed by atoms with Gasteiger partial charge in [0.05, 0.1) is 0 Å². The Bertz CT molecular complexity index is 386. The Balaban J connectivity index is 1.94. The lowest BCUT2D eigenvalue weighted by Gasteiger charge is -2.33. The van der Waals surface area contributed by atoms with Crippen molar-refractivity contribution < 1.29 is 4.79 Å². The number of benzene rings is 1. The first-order chi connectivity index (χ1) is 8.15. The van der Waals surface area contributed by atoms with Crippen LogP contribution in [0.2, 0.25) is 0 Å². The molecule has 0 aromatic heterocycles. The number of nitrogens with one attached hydrogen (secondary N) is 1. The molecule has 92 valence electrons. The lowest BCUT2D eigenvalue weighted by molar-refractivity contribution is -0.130. The Labute approximate surface area is 103 Å². The summed E-state index contributed by atoms with van der Waals surface area (Å²) in [5.74, 6) is 0.181. The van der Waals surface area contributed by atoms with Crippen LogP contribution in [0.4, 0.5) is 0 Å². The van der Waals surface area contributed by atoms with Crippen molar-refractivity contribution in [2.24, 2.45) is 0 Å². The van der Waals surface area contributed by atoms with E-state index in [-0.39, 0.29) is 5.91 Å². The molecular formula is C14H20N2O. The first-order valence-electron chi connectivity index (χ1n) is 6.19. The Morgan fingerprint density at radius 3 is 2.76 bits per heavy atom. The van der Waals surface area contributed by atoms with Crippen LogP contribution in [0.1, 0.15) is 18.1 Å². The Morgan fingerprint density at radius 2 is 2.12 bits per heavy atom. The summed E-state index contributed by atoms with van der Waals surface area (Å²) in [5.41, 5.74) is 2.62. The van der Waals surface area contributed by atoms with Gasteiger partial charge in [-0.05, 0) is 18.9 Å². The summed E-state index contributed by atoms with van der Waals surface area (Å²) in [6.45, 7) is 6.30. The molecule has 1 aromatic carbocycles. The minimum absolute atomic E-state index is 0.181. The summed E-state index contributed by atoms with van der Waals surface area (Å²) in [6.07, 6.45) is 0.990. The fraction of sp³-hybridized carbons (Fsp3) is 0.500. The first-order valence-corrected chi connectivity index (χ1v) is 6.19. The fourth-order valence-electron chi connectivity index (χ4n) is 2.26. The van der Waals surface area contributed by atoms with E-state index in [9.17, 15) is 4.79 Å². The predicted octanol–water partition coefficient (Wildman–Crippen LogP) is 1.36. The van der Waals surface area contributed by atoms with Crippen molar-refractivity contribution >= 4 is 5.91 Å². The van der Waals surface area contributed by atoms with E-state index in [4.69, 9.17) is 0 Å². The quantitative estimate of drug-likeness (QED) is 0.835. The lowest BCUT2D eigenvalue weighted by Crippen LogP contribution is -2.52. The van der Waals surface area contributed by atoms with Gasteiger partial charge in [0.2, 0.25) is 5.91 Å². The maximum absolute atomic E-state index is 11.3. The van der Waals surface area contributed by atoms with Gasteiger partial charge in [-0.1, -0.05) is 29.8 Å². The molecule has 0 saturated carbocycles. The standard InChI is InChI=1S/C14H20N2O/c1-11-3-5-13(6-4-11)9-14-10-16(12(2)17)8-7-15-14/h3-6,14-15H,7-10H2,1-2H3.